The zero-order valence-corrected chi connectivity index (χ0v) is 13.0. The van der Waals surface area contributed by atoms with E-state index in [0.717, 1.165) is 42.4 Å². The number of hydrogen-bond donors (Lipinski definition) is 1. The van der Waals surface area contributed by atoms with Gasteiger partial charge in [-0.05, 0) is 69.1 Å². The number of aliphatic hydroxyl groups is 1. The van der Waals surface area contributed by atoms with Crippen molar-refractivity contribution in [2.75, 3.05) is 0 Å². The predicted octanol–water partition coefficient (Wildman–Crippen LogP) is 4.37. The predicted molar refractivity (Wildman–Crippen MR) is 81.3 cm³/mol. The molecule has 108 valence electrons. The monoisotopic (exact) mass is 271 g/mol. The van der Waals surface area contributed by atoms with Gasteiger partial charge in [0.2, 0.25) is 0 Å². The topological polar surface area (TPSA) is 44.0 Å². The molecule has 0 heterocycles. The van der Waals surface area contributed by atoms with Crippen LogP contribution in [-0.4, -0.2) is 5.11 Å². The van der Waals surface area contributed by atoms with Crippen LogP contribution in [0.3, 0.4) is 0 Å². The molecule has 1 unspecified atom stereocenters. The Morgan fingerprint density at radius 3 is 2.15 bits per heavy atom. The van der Waals surface area contributed by atoms with Crippen LogP contribution in [0, 0.1) is 43.4 Å². The normalized spacial score (nSPS) is 27.9. The number of nitriles is 1. The van der Waals surface area contributed by atoms with Gasteiger partial charge < -0.3 is 5.11 Å². The highest BCUT2D eigenvalue weighted by atomic mass is 16.3. The Bertz CT molecular complexity index is 510. The summed E-state index contributed by atoms with van der Waals surface area (Å²) in [6.45, 7) is 8.37. The van der Waals surface area contributed by atoms with Gasteiger partial charge in [0.1, 0.15) is 0 Å². The molecule has 1 aliphatic carbocycles. The van der Waals surface area contributed by atoms with E-state index < -0.39 is 11.5 Å². The third-order valence-electron chi connectivity index (χ3n) is 4.92. The van der Waals surface area contributed by atoms with Crippen molar-refractivity contribution in [1.82, 2.24) is 0 Å². The van der Waals surface area contributed by atoms with E-state index in [0.29, 0.717) is 5.92 Å². The van der Waals surface area contributed by atoms with Crippen molar-refractivity contribution in [2.24, 2.45) is 11.3 Å². The van der Waals surface area contributed by atoms with Crippen LogP contribution in [0.25, 0.3) is 0 Å². The Kier molecular flexibility index (Phi) is 4.20. The summed E-state index contributed by atoms with van der Waals surface area (Å²) in [6, 6.07) is 6.65. The number of aryl methyl sites for hydroxylation is 3. The number of benzene rings is 1. The van der Waals surface area contributed by atoms with E-state index in [9.17, 15) is 10.4 Å². The van der Waals surface area contributed by atoms with Gasteiger partial charge in [-0.15, -0.1) is 0 Å². The van der Waals surface area contributed by atoms with E-state index in [1.54, 1.807) is 0 Å². The summed E-state index contributed by atoms with van der Waals surface area (Å²) in [7, 11) is 0. The molecule has 0 aliphatic heterocycles. The quantitative estimate of drug-likeness (QED) is 0.868. The standard InChI is InChI=1S/C18H25NO/c1-12-5-7-18(11-19,8-6-12)17(20)16-14(3)9-13(2)10-15(16)4/h9-10,12,17,20H,5-8H2,1-4H3. The Labute approximate surface area is 122 Å². The molecule has 2 rings (SSSR count). The van der Waals surface area contributed by atoms with Crippen LogP contribution in [0.2, 0.25) is 0 Å². The van der Waals surface area contributed by atoms with Gasteiger partial charge in [0.15, 0.2) is 0 Å². The summed E-state index contributed by atoms with van der Waals surface area (Å²) in [5.74, 6) is 0.670. The molecular formula is C18H25NO. The van der Waals surface area contributed by atoms with Gasteiger partial charge in [-0.2, -0.15) is 5.26 Å². The molecule has 1 saturated carbocycles. The van der Waals surface area contributed by atoms with Crippen molar-refractivity contribution in [3.05, 3.63) is 34.4 Å². The first-order chi connectivity index (χ1) is 9.39. The highest BCUT2D eigenvalue weighted by Crippen LogP contribution is 2.48. The maximum Gasteiger partial charge on any atom is 0.0981 e. The van der Waals surface area contributed by atoms with Crippen molar-refractivity contribution in [3.63, 3.8) is 0 Å². The molecule has 0 amide bonds. The van der Waals surface area contributed by atoms with Gasteiger partial charge in [-0.25, -0.2) is 0 Å². The average Bonchev–Trinajstić information content (AvgIpc) is 2.38. The molecule has 2 nitrogen and oxygen atoms in total. The largest absolute Gasteiger partial charge is 0.387 e. The fourth-order valence-electron chi connectivity index (χ4n) is 3.62. The summed E-state index contributed by atoms with van der Waals surface area (Å²) < 4.78 is 0. The maximum absolute atomic E-state index is 10.9. The minimum atomic E-state index is -0.666. The van der Waals surface area contributed by atoms with Gasteiger partial charge in [0, 0.05) is 0 Å². The Morgan fingerprint density at radius 2 is 1.70 bits per heavy atom. The number of rotatable bonds is 2. The average molecular weight is 271 g/mol. The Balaban J connectivity index is 2.40. The lowest BCUT2D eigenvalue weighted by atomic mass is 9.66. The molecule has 0 bridgehead atoms. The van der Waals surface area contributed by atoms with Crippen LogP contribution in [0.1, 0.15) is 61.0 Å². The summed E-state index contributed by atoms with van der Waals surface area (Å²) in [4.78, 5) is 0. The van der Waals surface area contributed by atoms with Gasteiger partial charge >= 0.3 is 0 Å². The summed E-state index contributed by atoms with van der Waals surface area (Å²) >= 11 is 0. The van der Waals surface area contributed by atoms with Gasteiger partial charge in [-0.1, -0.05) is 24.6 Å². The highest BCUT2D eigenvalue weighted by molar-refractivity contribution is 5.40. The second-order valence-corrected chi connectivity index (χ2v) is 6.67. The second-order valence-electron chi connectivity index (χ2n) is 6.67. The molecule has 0 spiro atoms. The van der Waals surface area contributed by atoms with Gasteiger partial charge in [-0.3, -0.25) is 0 Å². The van der Waals surface area contributed by atoms with Crippen LogP contribution in [-0.2, 0) is 0 Å². The molecule has 1 aliphatic rings. The molecule has 0 radical (unpaired) electrons. The van der Waals surface area contributed by atoms with Crippen molar-refractivity contribution < 1.29 is 5.11 Å². The SMILES string of the molecule is Cc1cc(C)c(C(O)C2(C#N)CCC(C)CC2)c(C)c1. The summed E-state index contributed by atoms with van der Waals surface area (Å²) in [6.07, 6.45) is 3.01. The number of hydrogen-bond acceptors (Lipinski definition) is 2. The zero-order chi connectivity index (χ0) is 14.9. The van der Waals surface area contributed by atoms with E-state index >= 15 is 0 Å². The Morgan fingerprint density at radius 1 is 1.20 bits per heavy atom. The lowest BCUT2D eigenvalue weighted by Gasteiger charge is -2.38. The van der Waals surface area contributed by atoms with Crippen molar-refractivity contribution in [3.8, 4) is 6.07 Å². The first-order valence-electron chi connectivity index (χ1n) is 7.56. The molecule has 20 heavy (non-hydrogen) atoms. The number of nitrogens with zero attached hydrogens (tertiary/aromatic N) is 1. The van der Waals surface area contributed by atoms with Crippen LogP contribution in [0.4, 0.5) is 0 Å². The fourth-order valence-corrected chi connectivity index (χ4v) is 3.62. The molecule has 1 aromatic rings. The Hall–Kier alpha value is -1.33. The minimum Gasteiger partial charge on any atom is -0.387 e. The van der Waals surface area contributed by atoms with Crippen LogP contribution in [0.15, 0.2) is 12.1 Å². The van der Waals surface area contributed by atoms with Gasteiger partial charge in [0.05, 0.1) is 17.6 Å². The molecule has 0 aromatic heterocycles. The van der Waals surface area contributed by atoms with Crippen LogP contribution >= 0.6 is 0 Å². The van der Waals surface area contributed by atoms with E-state index in [-0.39, 0.29) is 0 Å². The van der Waals surface area contributed by atoms with Crippen molar-refractivity contribution in [1.29, 1.82) is 5.26 Å². The molecule has 1 atom stereocenters. The minimum absolute atomic E-state index is 0.600. The van der Waals surface area contributed by atoms with Crippen LogP contribution in [0.5, 0.6) is 0 Å². The highest BCUT2D eigenvalue weighted by Gasteiger charge is 2.42. The second kappa shape index (κ2) is 5.58. The maximum atomic E-state index is 10.9. The molecule has 2 heteroatoms. The molecule has 1 N–H and O–H groups in total. The lowest BCUT2D eigenvalue weighted by molar-refractivity contribution is 0.0258. The molecular weight excluding hydrogens is 246 g/mol. The van der Waals surface area contributed by atoms with E-state index in [1.165, 1.54) is 5.56 Å². The third-order valence-corrected chi connectivity index (χ3v) is 4.92. The summed E-state index contributed by atoms with van der Waals surface area (Å²) in [5, 5.41) is 20.6. The molecule has 1 aromatic carbocycles. The summed E-state index contributed by atoms with van der Waals surface area (Å²) in [5.41, 5.74) is 3.77. The first-order valence-corrected chi connectivity index (χ1v) is 7.56. The number of aliphatic hydroxyl groups excluding tert-OH is 1. The fraction of sp³-hybridized carbons (Fsp3) is 0.611. The zero-order valence-electron chi connectivity index (χ0n) is 13.0. The lowest BCUT2D eigenvalue weighted by Crippen LogP contribution is -2.32. The first kappa shape index (κ1) is 15.1. The van der Waals surface area contributed by atoms with Gasteiger partial charge in [0.25, 0.3) is 0 Å². The van der Waals surface area contributed by atoms with Crippen molar-refractivity contribution in [2.45, 2.75) is 59.5 Å². The molecule has 0 saturated heterocycles. The van der Waals surface area contributed by atoms with E-state index in [2.05, 4.69) is 32.0 Å². The smallest absolute Gasteiger partial charge is 0.0981 e. The van der Waals surface area contributed by atoms with Crippen molar-refractivity contribution >= 4 is 0 Å². The van der Waals surface area contributed by atoms with E-state index in [1.807, 2.05) is 13.8 Å². The molecule has 1 fully saturated rings. The third kappa shape index (κ3) is 2.60. The van der Waals surface area contributed by atoms with Crippen LogP contribution < -0.4 is 0 Å². The van der Waals surface area contributed by atoms with E-state index in [4.69, 9.17) is 0 Å².